The van der Waals surface area contributed by atoms with Crippen LogP contribution in [0.5, 0.6) is 0 Å². The standard InChI is InChI=1S/C19H23FN8O/c1-11-12(2)23-17-16(22-11)18(28-8-14(20)9-28)25-19(24-17)27-4-5-29-15(10-27)13-6-21-26(3)7-13/h6-7,14-15H,4-5,8-10H2,1-3H3. The van der Waals surface area contributed by atoms with E-state index in [0.29, 0.717) is 55.7 Å². The Balaban J connectivity index is 1.53. The summed E-state index contributed by atoms with van der Waals surface area (Å²) in [6.45, 7) is 6.31. The van der Waals surface area contributed by atoms with E-state index in [2.05, 4.69) is 20.0 Å². The predicted octanol–water partition coefficient (Wildman–Crippen LogP) is 1.51. The van der Waals surface area contributed by atoms with Crippen LogP contribution in [0.25, 0.3) is 11.2 Å². The van der Waals surface area contributed by atoms with Crippen LogP contribution >= 0.6 is 0 Å². The molecule has 0 amide bonds. The molecule has 29 heavy (non-hydrogen) atoms. The summed E-state index contributed by atoms with van der Waals surface area (Å²) in [5.41, 5.74) is 3.85. The van der Waals surface area contributed by atoms with Crippen molar-refractivity contribution in [2.24, 2.45) is 7.05 Å². The van der Waals surface area contributed by atoms with E-state index in [1.807, 2.05) is 38.2 Å². The maximum Gasteiger partial charge on any atom is 0.229 e. The summed E-state index contributed by atoms with van der Waals surface area (Å²) in [6.07, 6.45) is 2.84. The van der Waals surface area contributed by atoms with Crippen LogP contribution in [-0.4, -0.2) is 68.7 Å². The first-order valence-electron chi connectivity index (χ1n) is 9.75. The molecule has 3 aromatic heterocycles. The fraction of sp³-hybridized carbons (Fsp3) is 0.526. The number of fused-ring (bicyclic) bond motifs is 1. The van der Waals surface area contributed by atoms with Crippen molar-refractivity contribution >= 4 is 22.9 Å². The molecule has 2 aliphatic rings. The lowest BCUT2D eigenvalue weighted by Gasteiger charge is -2.37. The molecule has 5 rings (SSSR count). The molecule has 1 atom stereocenters. The summed E-state index contributed by atoms with van der Waals surface area (Å²) in [7, 11) is 1.89. The zero-order valence-electron chi connectivity index (χ0n) is 16.7. The van der Waals surface area contributed by atoms with Gasteiger partial charge in [-0.15, -0.1) is 0 Å². The first kappa shape index (κ1) is 18.2. The van der Waals surface area contributed by atoms with Gasteiger partial charge in [-0.1, -0.05) is 0 Å². The lowest BCUT2D eigenvalue weighted by atomic mass is 10.1. The van der Waals surface area contributed by atoms with Gasteiger partial charge in [0.1, 0.15) is 12.3 Å². The largest absolute Gasteiger partial charge is 0.370 e. The quantitative estimate of drug-likeness (QED) is 0.656. The van der Waals surface area contributed by atoms with Crippen LogP contribution in [-0.2, 0) is 11.8 Å². The second-order valence-electron chi connectivity index (χ2n) is 7.67. The molecule has 1 unspecified atom stereocenters. The minimum Gasteiger partial charge on any atom is -0.370 e. The predicted molar refractivity (Wildman–Crippen MR) is 106 cm³/mol. The molecule has 9 nitrogen and oxygen atoms in total. The molecule has 2 fully saturated rings. The topological polar surface area (TPSA) is 85.1 Å². The second kappa shape index (κ2) is 6.87. The number of halogens is 1. The van der Waals surface area contributed by atoms with Gasteiger partial charge in [0.2, 0.25) is 5.95 Å². The van der Waals surface area contributed by atoms with E-state index in [1.54, 1.807) is 4.68 Å². The molecule has 0 saturated carbocycles. The summed E-state index contributed by atoms with van der Waals surface area (Å²) in [5.74, 6) is 1.23. The van der Waals surface area contributed by atoms with Crippen LogP contribution in [0.3, 0.4) is 0 Å². The van der Waals surface area contributed by atoms with Gasteiger partial charge in [-0.3, -0.25) is 4.68 Å². The van der Waals surface area contributed by atoms with Gasteiger partial charge < -0.3 is 14.5 Å². The summed E-state index contributed by atoms with van der Waals surface area (Å²) >= 11 is 0. The molecule has 0 spiro atoms. The Kier molecular flexibility index (Phi) is 4.30. The Morgan fingerprint density at radius 3 is 2.55 bits per heavy atom. The lowest BCUT2D eigenvalue weighted by Crippen LogP contribution is -2.49. The van der Waals surface area contributed by atoms with Crippen LogP contribution < -0.4 is 9.80 Å². The fourth-order valence-electron chi connectivity index (χ4n) is 3.69. The van der Waals surface area contributed by atoms with Gasteiger partial charge in [-0.2, -0.15) is 15.1 Å². The fourth-order valence-corrected chi connectivity index (χ4v) is 3.69. The monoisotopic (exact) mass is 398 g/mol. The summed E-state index contributed by atoms with van der Waals surface area (Å²) in [4.78, 5) is 22.7. The zero-order valence-corrected chi connectivity index (χ0v) is 16.7. The molecule has 10 heteroatoms. The Morgan fingerprint density at radius 2 is 1.83 bits per heavy atom. The highest BCUT2D eigenvalue weighted by atomic mass is 19.1. The molecular formula is C19H23FN8O. The maximum absolute atomic E-state index is 13.5. The van der Waals surface area contributed by atoms with Crippen molar-refractivity contribution in [3.8, 4) is 0 Å². The van der Waals surface area contributed by atoms with Crippen LogP contribution in [0.15, 0.2) is 12.4 Å². The van der Waals surface area contributed by atoms with Gasteiger partial charge in [0.25, 0.3) is 0 Å². The SMILES string of the molecule is Cc1nc2nc(N3CCOC(c4cnn(C)c4)C3)nc(N3CC(F)C3)c2nc1C. The van der Waals surface area contributed by atoms with Gasteiger partial charge in [-0.05, 0) is 13.8 Å². The summed E-state index contributed by atoms with van der Waals surface area (Å²) in [6, 6.07) is 0. The van der Waals surface area contributed by atoms with E-state index < -0.39 is 6.17 Å². The highest BCUT2D eigenvalue weighted by molar-refractivity contribution is 5.85. The molecule has 0 aromatic carbocycles. The molecule has 0 N–H and O–H groups in total. The molecule has 152 valence electrons. The highest BCUT2D eigenvalue weighted by Crippen LogP contribution is 2.31. The average Bonchev–Trinajstić information content (AvgIpc) is 3.12. The number of anilines is 2. The molecule has 0 radical (unpaired) electrons. The number of hydrogen-bond donors (Lipinski definition) is 0. The van der Waals surface area contributed by atoms with E-state index in [-0.39, 0.29) is 6.10 Å². The van der Waals surface area contributed by atoms with E-state index >= 15 is 0 Å². The van der Waals surface area contributed by atoms with Crippen LogP contribution in [0.4, 0.5) is 16.2 Å². The number of aromatic nitrogens is 6. The minimum atomic E-state index is -0.832. The number of aryl methyl sites for hydroxylation is 3. The number of nitrogens with zero attached hydrogens (tertiary/aromatic N) is 8. The van der Waals surface area contributed by atoms with Crippen molar-refractivity contribution < 1.29 is 9.13 Å². The Hall–Kier alpha value is -2.88. The molecule has 2 aliphatic heterocycles. The highest BCUT2D eigenvalue weighted by Gasteiger charge is 2.32. The van der Waals surface area contributed by atoms with Gasteiger partial charge in [-0.25, -0.2) is 14.4 Å². The summed E-state index contributed by atoms with van der Waals surface area (Å²) in [5, 5.41) is 4.24. The minimum absolute atomic E-state index is 0.106. The maximum atomic E-state index is 13.5. The number of hydrogen-bond acceptors (Lipinski definition) is 8. The Bertz CT molecular complexity index is 1060. The molecule has 2 saturated heterocycles. The zero-order chi connectivity index (χ0) is 20.1. The number of rotatable bonds is 3. The molecule has 0 bridgehead atoms. The van der Waals surface area contributed by atoms with E-state index in [0.717, 1.165) is 17.0 Å². The third-order valence-electron chi connectivity index (χ3n) is 5.49. The number of ether oxygens (including phenoxy) is 1. The number of alkyl halides is 1. The molecular weight excluding hydrogens is 375 g/mol. The second-order valence-corrected chi connectivity index (χ2v) is 7.67. The van der Waals surface area contributed by atoms with Crippen molar-refractivity contribution in [2.45, 2.75) is 26.1 Å². The van der Waals surface area contributed by atoms with Crippen LogP contribution in [0.1, 0.15) is 23.1 Å². The van der Waals surface area contributed by atoms with E-state index in [1.165, 1.54) is 0 Å². The van der Waals surface area contributed by atoms with Gasteiger partial charge in [0, 0.05) is 25.4 Å². The molecule has 3 aromatic rings. The van der Waals surface area contributed by atoms with Crippen molar-refractivity contribution in [3.63, 3.8) is 0 Å². The molecule has 0 aliphatic carbocycles. The Morgan fingerprint density at radius 1 is 1.03 bits per heavy atom. The first-order chi connectivity index (χ1) is 14.0. The van der Waals surface area contributed by atoms with Gasteiger partial charge >= 0.3 is 0 Å². The summed E-state index contributed by atoms with van der Waals surface area (Å²) < 4.78 is 21.2. The van der Waals surface area contributed by atoms with Crippen molar-refractivity contribution in [1.29, 1.82) is 0 Å². The Labute approximate surface area is 167 Å². The van der Waals surface area contributed by atoms with Crippen LogP contribution in [0.2, 0.25) is 0 Å². The van der Waals surface area contributed by atoms with Crippen molar-refractivity contribution in [1.82, 2.24) is 29.7 Å². The first-order valence-corrected chi connectivity index (χ1v) is 9.75. The smallest absolute Gasteiger partial charge is 0.229 e. The molecule has 5 heterocycles. The normalized spacial score (nSPS) is 20.3. The van der Waals surface area contributed by atoms with Gasteiger partial charge in [0.05, 0.1) is 43.8 Å². The average molecular weight is 398 g/mol. The van der Waals surface area contributed by atoms with Crippen molar-refractivity contribution in [2.75, 3.05) is 42.6 Å². The third-order valence-corrected chi connectivity index (χ3v) is 5.49. The van der Waals surface area contributed by atoms with E-state index in [4.69, 9.17) is 14.7 Å². The lowest BCUT2D eigenvalue weighted by molar-refractivity contribution is 0.0392. The van der Waals surface area contributed by atoms with Crippen molar-refractivity contribution in [3.05, 3.63) is 29.3 Å². The van der Waals surface area contributed by atoms with Gasteiger partial charge in [0.15, 0.2) is 17.0 Å². The number of morpholine rings is 1. The third kappa shape index (κ3) is 3.27. The van der Waals surface area contributed by atoms with E-state index in [9.17, 15) is 4.39 Å². The van der Waals surface area contributed by atoms with Crippen LogP contribution in [0, 0.1) is 13.8 Å².